The third-order valence-electron chi connectivity index (χ3n) is 2.64. The molecule has 1 N–H and O–H groups in total. The summed E-state index contributed by atoms with van der Waals surface area (Å²) < 4.78 is 5.70. The van der Waals surface area contributed by atoms with Crippen molar-refractivity contribution in [3.05, 3.63) is 52.1 Å². The largest absolute Gasteiger partial charge is 0.439 e. The second-order valence-corrected chi connectivity index (χ2v) is 6.65. The maximum atomic E-state index is 5.95. The van der Waals surface area contributed by atoms with Gasteiger partial charge < -0.3 is 10.1 Å². The molecule has 3 nitrogen and oxygen atoms in total. The zero-order valence-electron chi connectivity index (χ0n) is 12.3. The summed E-state index contributed by atoms with van der Waals surface area (Å²) in [4.78, 5) is 4.46. The number of halogens is 2. The summed E-state index contributed by atoms with van der Waals surface area (Å²) in [6.45, 7) is 7.01. The lowest BCUT2D eigenvalue weighted by molar-refractivity contribution is 0.416. The van der Waals surface area contributed by atoms with Gasteiger partial charge in [0.25, 0.3) is 0 Å². The van der Waals surface area contributed by atoms with E-state index in [1.165, 1.54) is 0 Å². The van der Waals surface area contributed by atoms with Crippen molar-refractivity contribution in [2.45, 2.75) is 32.9 Å². The van der Waals surface area contributed by atoms with Crippen LogP contribution >= 0.6 is 23.2 Å². The van der Waals surface area contributed by atoms with Gasteiger partial charge in [0.15, 0.2) is 0 Å². The standard InChI is InChI=1S/C16H18Cl2N2O/c1-16(2,3)19-10-13-5-4-6-15(20-13)21-14-8-11(17)7-12(18)9-14/h4-9,19H,10H2,1-3H3. The molecule has 0 saturated heterocycles. The number of hydrogen-bond acceptors (Lipinski definition) is 3. The quantitative estimate of drug-likeness (QED) is 0.852. The van der Waals surface area contributed by atoms with Crippen molar-refractivity contribution >= 4 is 23.2 Å². The lowest BCUT2D eigenvalue weighted by Crippen LogP contribution is -2.35. The number of ether oxygens (including phenoxy) is 1. The van der Waals surface area contributed by atoms with Crippen LogP contribution in [0.1, 0.15) is 26.5 Å². The Labute approximate surface area is 135 Å². The van der Waals surface area contributed by atoms with Gasteiger partial charge in [-0.2, -0.15) is 0 Å². The Morgan fingerprint density at radius 3 is 2.38 bits per heavy atom. The highest BCUT2D eigenvalue weighted by molar-refractivity contribution is 6.34. The van der Waals surface area contributed by atoms with E-state index in [0.717, 1.165) is 5.69 Å². The summed E-state index contributed by atoms with van der Waals surface area (Å²) in [5.74, 6) is 1.09. The van der Waals surface area contributed by atoms with Crippen LogP contribution in [0.4, 0.5) is 0 Å². The molecule has 0 saturated carbocycles. The number of hydrogen-bond donors (Lipinski definition) is 1. The monoisotopic (exact) mass is 324 g/mol. The fourth-order valence-electron chi connectivity index (χ4n) is 1.68. The van der Waals surface area contributed by atoms with E-state index in [4.69, 9.17) is 27.9 Å². The van der Waals surface area contributed by atoms with Crippen LogP contribution in [-0.4, -0.2) is 10.5 Å². The molecule has 2 rings (SSSR count). The second-order valence-electron chi connectivity index (χ2n) is 5.78. The Morgan fingerprint density at radius 1 is 1.10 bits per heavy atom. The van der Waals surface area contributed by atoms with E-state index in [1.54, 1.807) is 24.3 Å². The first-order valence-electron chi connectivity index (χ1n) is 6.67. The summed E-state index contributed by atoms with van der Waals surface area (Å²) in [6, 6.07) is 10.7. The van der Waals surface area contributed by atoms with Crippen LogP contribution in [-0.2, 0) is 6.54 Å². The fourth-order valence-corrected chi connectivity index (χ4v) is 2.18. The third-order valence-corrected chi connectivity index (χ3v) is 3.08. The molecule has 0 bridgehead atoms. The van der Waals surface area contributed by atoms with Gasteiger partial charge >= 0.3 is 0 Å². The van der Waals surface area contributed by atoms with E-state index in [9.17, 15) is 0 Å². The Bertz CT molecular complexity index is 604. The van der Waals surface area contributed by atoms with Crippen LogP contribution < -0.4 is 10.1 Å². The van der Waals surface area contributed by atoms with Crippen molar-refractivity contribution < 1.29 is 4.74 Å². The first kappa shape index (κ1) is 16.1. The third kappa shape index (κ3) is 5.54. The molecule has 0 atom stereocenters. The van der Waals surface area contributed by atoms with E-state index < -0.39 is 0 Å². The van der Waals surface area contributed by atoms with Gasteiger partial charge in [-0.25, -0.2) is 4.98 Å². The van der Waals surface area contributed by atoms with Gasteiger partial charge in [0, 0.05) is 28.2 Å². The van der Waals surface area contributed by atoms with Crippen molar-refractivity contribution in [3.63, 3.8) is 0 Å². The van der Waals surface area contributed by atoms with Crippen molar-refractivity contribution in [2.75, 3.05) is 0 Å². The first-order chi connectivity index (χ1) is 9.82. The Morgan fingerprint density at radius 2 is 1.76 bits per heavy atom. The molecular weight excluding hydrogens is 307 g/mol. The maximum Gasteiger partial charge on any atom is 0.219 e. The average molecular weight is 325 g/mol. The first-order valence-corrected chi connectivity index (χ1v) is 7.42. The van der Waals surface area contributed by atoms with E-state index in [-0.39, 0.29) is 5.54 Å². The minimum atomic E-state index is 0.0407. The van der Waals surface area contributed by atoms with Crippen molar-refractivity contribution in [1.29, 1.82) is 0 Å². The number of benzene rings is 1. The van der Waals surface area contributed by atoms with E-state index in [2.05, 4.69) is 31.1 Å². The minimum absolute atomic E-state index is 0.0407. The Kier molecular flexibility index (Phi) is 5.09. The molecule has 0 fully saturated rings. The summed E-state index contributed by atoms with van der Waals surface area (Å²) in [5, 5.41) is 4.45. The topological polar surface area (TPSA) is 34.1 Å². The van der Waals surface area contributed by atoms with Crippen LogP contribution in [0, 0.1) is 0 Å². The predicted molar refractivity (Wildman–Crippen MR) is 87.4 cm³/mol. The zero-order valence-corrected chi connectivity index (χ0v) is 13.8. The predicted octanol–water partition coefficient (Wildman–Crippen LogP) is 5.07. The van der Waals surface area contributed by atoms with E-state index >= 15 is 0 Å². The number of nitrogens with one attached hydrogen (secondary N) is 1. The van der Waals surface area contributed by atoms with Gasteiger partial charge in [0.05, 0.1) is 5.69 Å². The van der Waals surface area contributed by atoms with Gasteiger partial charge in [0.1, 0.15) is 5.75 Å². The molecule has 5 heteroatoms. The Balaban J connectivity index is 2.10. The molecule has 0 aliphatic carbocycles. The summed E-state index contributed by atoms with van der Waals surface area (Å²) in [7, 11) is 0. The van der Waals surface area contributed by atoms with Gasteiger partial charge in [0.2, 0.25) is 5.88 Å². The van der Waals surface area contributed by atoms with Gasteiger partial charge in [-0.3, -0.25) is 0 Å². The average Bonchev–Trinajstić information content (AvgIpc) is 2.35. The van der Waals surface area contributed by atoms with E-state index in [0.29, 0.717) is 28.2 Å². The molecule has 0 spiro atoms. The molecule has 0 aliphatic rings. The molecule has 0 aliphatic heterocycles. The van der Waals surface area contributed by atoms with Crippen molar-refractivity contribution in [3.8, 4) is 11.6 Å². The molecule has 0 unspecified atom stereocenters. The SMILES string of the molecule is CC(C)(C)NCc1cccc(Oc2cc(Cl)cc(Cl)c2)n1. The van der Waals surface area contributed by atoms with Gasteiger partial charge in [-0.15, -0.1) is 0 Å². The molecule has 1 aromatic heterocycles. The second kappa shape index (κ2) is 6.65. The van der Waals surface area contributed by atoms with Crippen LogP contribution in [0.5, 0.6) is 11.6 Å². The molecule has 2 aromatic rings. The number of rotatable bonds is 4. The highest BCUT2D eigenvalue weighted by Crippen LogP contribution is 2.27. The highest BCUT2D eigenvalue weighted by atomic mass is 35.5. The summed E-state index contributed by atoms with van der Waals surface area (Å²) in [5.41, 5.74) is 0.953. The van der Waals surface area contributed by atoms with Crippen molar-refractivity contribution in [1.82, 2.24) is 10.3 Å². The van der Waals surface area contributed by atoms with Crippen molar-refractivity contribution in [2.24, 2.45) is 0 Å². The molecule has 0 radical (unpaired) electrons. The zero-order chi connectivity index (χ0) is 15.5. The smallest absolute Gasteiger partial charge is 0.219 e. The highest BCUT2D eigenvalue weighted by Gasteiger charge is 2.09. The minimum Gasteiger partial charge on any atom is -0.439 e. The van der Waals surface area contributed by atoms with Gasteiger partial charge in [-0.1, -0.05) is 29.3 Å². The molecule has 1 heterocycles. The molecular formula is C16H18Cl2N2O. The number of aromatic nitrogens is 1. The van der Waals surface area contributed by atoms with E-state index in [1.807, 2.05) is 12.1 Å². The lowest BCUT2D eigenvalue weighted by atomic mass is 10.1. The molecule has 112 valence electrons. The lowest BCUT2D eigenvalue weighted by Gasteiger charge is -2.20. The fraction of sp³-hybridized carbons (Fsp3) is 0.312. The van der Waals surface area contributed by atoms with Crippen LogP contribution in [0.15, 0.2) is 36.4 Å². The molecule has 1 aromatic carbocycles. The summed E-state index contributed by atoms with van der Waals surface area (Å²) in [6.07, 6.45) is 0. The van der Waals surface area contributed by atoms with Crippen LogP contribution in [0.2, 0.25) is 10.0 Å². The van der Waals surface area contributed by atoms with Crippen LogP contribution in [0.3, 0.4) is 0 Å². The normalized spacial score (nSPS) is 11.5. The molecule has 0 amide bonds. The Hall–Kier alpha value is -1.29. The summed E-state index contributed by atoms with van der Waals surface area (Å²) >= 11 is 11.9. The van der Waals surface area contributed by atoms with Crippen LogP contribution in [0.25, 0.3) is 0 Å². The number of pyridine rings is 1. The van der Waals surface area contributed by atoms with Gasteiger partial charge in [-0.05, 0) is 45.0 Å². The number of nitrogens with zero attached hydrogens (tertiary/aromatic N) is 1. The maximum absolute atomic E-state index is 5.95. The molecule has 21 heavy (non-hydrogen) atoms.